The molecule has 0 unspecified atom stereocenters. The number of nitrogens with zero attached hydrogens (tertiary/aromatic N) is 3. The molecule has 0 saturated carbocycles. The summed E-state index contributed by atoms with van der Waals surface area (Å²) in [6.07, 6.45) is 8.63. The van der Waals surface area contributed by atoms with Gasteiger partial charge in [0.1, 0.15) is 11.0 Å². The van der Waals surface area contributed by atoms with Crippen molar-refractivity contribution in [2.75, 3.05) is 5.32 Å². The van der Waals surface area contributed by atoms with Crippen LogP contribution < -0.4 is 5.32 Å². The number of terminal acetylenes is 1. The predicted octanol–water partition coefficient (Wildman–Crippen LogP) is 3.60. The fourth-order valence-corrected chi connectivity index (χ4v) is 2.75. The van der Waals surface area contributed by atoms with E-state index < -0.39 is 5.97 Å². The fraction of sp³-hybridized carbons (Fsp3) is 0. The number of anilines is 2. The van der Waals surface area contributed by atoms with Crippen LogP contribution in [0.25, 0.3) is 21.9 Å². The molecule has 0 radical (unpaired) electrons. The van der Waals surface area contributed by atoms with Gasteiger partial charge < -0.3 is 10.4 Å². The standard InChI is InChI=1S/C20H12N4O2/c1-2-12-4-3-5-14(10-12)23-19-18-17(21-8-9-22-18)15-7-6-13(20(25)26)11-16(15)24-19/h1,3-11H,(H,23,24)(H,25,26). The summed E-state index contributed by atoms with van der Waals surface area (Å²) in [4.78, 5) is 24.6. The van der Waals surface area contributed by atoms with Gasteiger partial charge in [0.15, 0.2) is 5.82 Å². The van der Waals surface area contributed by atoms with E-state index in [0.717, 1.165) is 16.6 Å². The molecule has 124 valence electrons. The van der Waals surface area contributed by atoms with Crippen molar-refractivity contribution in [3.8, 4) is 12.3 Å². The summed E-state index contributed by atoms with van der Waals surface area (Å²) in [6.45, 7) is 0. The third kappa shape index (κ3) is 2.68. The van der Waals surface area contributed by atoms with Gasteiger partial charge in [0, 0.05) is 29.0 Å². The van der Waals surface area contributed by atoms with Crippen molar-refractivity contribution >= 4 is 39.4 Å². The average molecular weight is 340 g/mol. The van der Waals surface area contributed by atoms with Gasteiger partial charge in [-0.05, 0) is 36.4 Å². The number of rotatable bonds is 3. The number of fused-ring (bicyclic) bond motifs is 3. The highest BCUT2D eigenvalue weighted by molar-refractivity contribution is 6.08. The van der Waals surface area contributed by atoms with Gasteiger partial charge in [-0.3, -0.25) is 4.98 Å². The molecule has 4 rings (SSSR count). The zero-order valence-electron chi connectivity index (χ0n) is 13.5. The minimum atomic E-state index is -1.01. The number of aromatic carboxylic acids is 1. The number of pyridine rings is 1. The van der Waals surface area contributed by atoms with Crippen molar-refractivity contribution in [2.24, 2.45) is 0 Å². The van der Waals surface area contributed by atoms with E-state index in [1.807, 2.05) is 24.3 Å². The van der Waals surface area contributed by atoms with E-state index in [4.69, 9.17) is 6.42 Å². The molecule has 26 heavy (non-hydrogen) atoms. The summed E-state index contributed by atoms with van der Waals surface area (Å²) < 4.78 is 0. The van der Waals surface area contributed by atoms with Crippen LogP contribution in [0.1, 0.15) is 15.9 Å². The summed E-state index contributed by atoms with van der Waals surface area (Å²) in [5, 5.41) is 13.2. The van der Waals surface area contributed by atoms with Crippen LogP contribution in [0.2, 0.25) is 0 Å². The second kappa shape index (κ2) is 6.15. The number of carbonyl (C=O) groups is 1. The van der Waals surface area contributed by atoms with Crippen LogP contribution in [0.4, 0.5) is 11.5 Å². The maximum atomic E-state index is 11.3. The Bertz CT molecular complexity index is 1210. The van der Waals surface area contributed by atoms with E-state index in [-0.39, 0.29) is 5.56 Å². The number of hydrogen-bond donors (Lipinski definition) is 2. The van der Waals surface area contributed by atoms with Crippen LogP contribution >= 0.6 is 0 Å². The first-order valence-electron chi connectivity index (χ1n) is 7.77. The van der Waals surface area contributed by atoms with Crippen molar-refractivity contribution in [2.45, 2.75) is 0 Å². The monoisotopic (exact) mass is 340 g/mol. The minimum absolute atomic E-state index is 0.161. The molecular weight excluding hydrogens is 328 g/mol. The molecule has 2 N–H and O–H groups in total. The molecule has 2 aromatic heterocycles. The molecule has 4 aromatic rings. The van der Waals surface area contributed by atoms with Crippen LogP contribution in [0.3, 0.4) is 0 Å². The van der Waals surface area contributed by atoms with Gasteiger partial charge in [0.25, 0.3) is 0 Å². The maximum absolute atomic E-state index is 11.3. The molecule has 0 saturated heterocycles. The number of benzene rings is 2. The number of nitrogens with one attached hydrogen (secondary N) is 1. The van der Waals surface area contributed by atoms with Gasteiger partial charge >= 0.3 is 5.97 Å². The summed E-state index contributed by atoms with van der Waals surface area (Å²) >= 11 is 0. The molecule has 0 amide bonds. The Hall–Kier alpha value is -3.98. The molecule has 0 aliphatic rings. The first kappa shape index (κ1) is 15.5. The van der Waals surface area contributed by atoms with Crippen LogP contribution in [0, 0.1) is 12.3 Å². The molecule has 2 aromatic carbocycles. The van der Waals surface area contributed by atoms with E-state index in [9.17, 15) is 9.90 Å². The Morgan fingerprint density at radius 1 is 1.08 bits per heavy atom. The maximum Gasteiger partial charge on any atom is 0.335 e. The largest absolute Gasteiger partial charge is 0.478 e. The lowest BCUT2D eigenvalue weighted by atomic mass is 10.1. The Labute approximate surface area is 148 Å². The zero-order valence-corrected chi connectivity index (χ0v) is 13.5. The van der Waals surface area contributed by atoms with Crippen molar-refractivity contribution in [3.05, 3.63) is 66.0 Å². The van der Waals surface area contributed by atoms with Crippen LogP contribution in [0.15, 0.2) is 54.9 Å². The van der Waals surface area contributed by atoms with Gasteiger partial charge in [-0.15, -0.1) is 6.42 Å². The first-order chi connectivity index (χ1) is 12.7. The molecule has 6 heteroatoms. The SMILES string of the molecule is C#Cc1cccc(Nc2nc3cc(C(=O)O)ccc3c3nccnc23)c1. The fourth-order valence-electron chi connectivity index (χ4n) is 2.75. The van der Waals surface area contributed by atoms with E-state index in [2.05, 4.69) is 26.2 Å². The number of carboxylic acids is 1. The highest BCUT2D eigenvalue weighted by atomic mass is 16.4. The van der Waals surface area contributed by atoms with Gasteiger partial charge in [-0.25, -0.2) is 14.8 Å². The molecule has 0 spiro atoms. The lowest BCUT2D eigenvalue weighted by molar-refractivity contribution is 0.0697. The number of hydrogen-bond acceptors (Lipinski definition) is 5. The zero-order chi connectivity index (χ0) is 18.1. The third-order valence-electron chi connectivity index (χ3n) is 3.95. The van der Waals surface area contributed by atoms with Gasteiger partial charge in [-0.2, -0.15) is 0 Å². The van der Waals surface area contributed by atoms with Gasteiger partial charge in [-0.1, -0.05) is 12.0 Å². The van der Waals surface area contributed by atoms with Crippen molar-refractivity contribution < 1.29 is 9.90 Å². The summed E-state index contributed by atoms with van der Waals surface area (Å²) in [7, 11) is 0. The summed E-state index contributed by atoms with van der Waals surface area (Å²) in [5.41, 5.74) is 3.41. The van der Waals surface area contributed by atoms with Crippen LogP contribution in [-0.4, -0.2) is 26.0 Å². The molecule has 6 nitrogen and oxygen atoms in total. The molecule has 0 aliphatic carbocycles. The highest BCUT2D eigenvalue weighted by Crippen LogP contribution is 2.29. The molecule has 0 aliphatic heterocycles. The molecular formula is C20H12N4O2. The van der Waals surface area contributed by atoms with E-state index in [0.29, 0.717) is 22.4 Å². The molecule has 2 heterocycles. The number of aromatic nitrogens is 3. The second-order valence-electron chi connectivity index (χ2n) is 5.60. The Morgan fingerprint density at radius 3 is 2.65 bits per heavy atom. The Morgan fingerprint density at radius 2 is 1.88 bits per heavy atom. The lowest BCUT2D eigenvalue weighted by Crippen LogP contribution is -2.01. The van der Waals surface area contributed by atoms with Gasteiger partial charge in [0.05, 0.1) is 11.1 Å². The lowest BCUT2D eigenvalue weighted by Gasteiger charge is -2.11. The first-order valence-corrected chi connectivity index (χ1v) is 7.77. The van der Waals surface area contributed by atoms with Gasteiger partial charge in [0.2, 0.25) is 0 Å². The van der Waals surface area contributed by atoms with E-state index in [1.165, 1.54) is 12.1 Å². The molecule has 0 atom stereocenters. The smallest absolute Gasteiger partial charge is 0.335 e. The summed E-state index contributed by atoms with van der Waals surface area (Å²) in [5.74, 6) is 2.06. The van der Waals surface area contributed by atoms with Crippen molar-refractivity contribution in [1.29, 1.82) is 0 Å². The average Bonchev–Trinajstić information content (AvgIpc) is 2.68. The third-order valence-corrected chi connectivity index (χ3v) is 3.95. The van der Waals surface area contributed by atoms with E-state index >= 15 is 0 Å². The number of carboxylic acid groups (broad SMARTS) is 1. The van der Waals surface area contributed by atoms with Crippen LogP contribution in [0.5, 0.6) is 0 Å². The van der Waals surface area contributed by atoms with E-state index in [1.54, 1.807) is 18.5 Å². The quantitative estimate of drug-likeness (QED) is 0.438. The van der Waals surface area contributed by atoms with Crippen molar-refractivity contribution in [3.63, 3.8) is 0 Å². The Balaban J connectivity index is 1.94. The van der Waals surface area contributed by atoms with Crippen molar-refractivity contribution in [1.82, 2.24) is 15.0 Å². The highest BCUT2D eigenvalue weighted by Gasteiger charge is 2.13. The molecule has 0 fully saturated rings. The second-order valence-corrected chi connectivity index (χ2v) is 5.60. The molecule has 0 bridgehead atoms. The normalized spacial score (nSPS) is 10.6. The topological polar surface area (TPSA) is 88.0 Å². The predicted molar refractivity (Wildman–Crippen MR) is 99.5 cm³/mol. The van der Waals surface area contributed by atoms with Crippen LogP contribution in [-0.2, 0) is 0 Å². The Kier molecular flexibility index (Phi) is 3.67. The minimum Gasteiger partial charge on any atom is -0.478 e. The summed E-state index contributed by atoms with van der Waals surface area (Å²) in [6, 6.07) is 12.1.